The molecule has 18 heavy (non-hydrogen) atoms. The van der Waals surface area contributed by atoms with Gasteiger partial charge in [0, 0.05) is 17.1 Å². The van der Waals surface area contributed by atoms with Crippen LogP contribution in [0, 0.1) is 0 Å². The third kappa shape index (κ3) is 3.49. The predicted octanol–water partition coefficient (Wildman–Crippen LogP) is 3.09. The molecular weight excluding hydrogens is 256 g/mol. The number of rotatable bonds is 5. The van der Waals surface area contributed by atoms with Crippen LogP contribution in [0.3, 0.4) is 0 Å². The summed E-state index contributed by atoms with van der Waals surface area (Å²) in [7, 11) is 0. The molecule has 0 atom stereocenters. The zero-order valence-electron chi connectivity index (χ0n) is 9.39. The molecule has 0 saturated carbocycles. The molecule has 0 aliphatic carbocycles. The molecule has 1 heterocycles. The van der Waals surface area contributed by atoms with Crippen molar-refractivity contribution in [3.8, 4) is 0 Å². The number of aryl methyl sites for hydroxylation is 1. The lowest BCUT2D eigenvalue weighted by molar-refractivity contribution is -0.136. The minimum absolute atomic E-state index is 0.0346. The summed E-state index contributed by atoms with van der Waals surface area (Å²) in [5.74, 6) is -0.856. The number of halogens is 1. The van der Waals surface area contributed by atoms with E-state index in [2.05, 4.69) is 10.3 Å². The van der Waals surface area contributed by atoms with Gasteiger partial charge < -0.3 is 14.8 Å². The van der Waals surface area contributed by atoms with E-state index in [9.17, 15) is 4.79 Å². The van der Waals surface area contributed by atoms with E-state index < -0.39 is 5.97 Å². The monoisotopic (exact) mass is 266 g/mol. The summed E-state index contributed by atoms with van der Waals surface area (Å²) in [5.41, 5.74) is 1.40. The molecule has 2 aromatic rings. The fourth-order valence-corrected chi connectivity index (χ4v) is 1.50. The number of carbonyl (C=O) groups is 1. The topological polar surface area (TPSA) is 75.4 Å². The van der Waals surface area contributed by atoms with Crippen LogP contribution in [0.4, 0.5) is 11.7 Å². The normalized spacial score (nSPS) is 10.3. The predicted molar refractivity (Wildman–Crippen MR) is 67.2 cm³/mol. The Morgan fingerprint density at radius 2 is 2.11 bits per heavy atom. The molecule has 94 valence electrons. The first-order chi connectivity index (χ1) is 8.63. The molecule has 0 aliphatic heterocycles. The molecule has 2 N–H and O–H groups in total. The molecule has 0 bridgehead atoms. The molecule has 1 aromatic carbocycles. The van der Waals surface area contributed by atoms with Gasteiger partial charge in [0.25, 0.3) is 6.01 Å². The Labute approximate surface area is 108 Å². The molecule has 2 rings (SSSR count). The van der Waals surface area contributed by atoms with Crippen molar-refractivity contribution in [2.24, 2.45) is 0 Å². The minimum atomic E-state index is -0.856. The number of oxazole rings is 1. The summed E-state index contributed by atoms with van der Waals surface area (Å²) in [6, 6.07) is 7.42. The van der Waals surface area contributed by atoms with E-state index in [1.54, 1.807) is 24.3 Å². The molecule has 0 spiro atoms. The summed E-state index contributed by atoms with van der Waals surface area (Å²) in [6.45, 7) is 0. The van der Waals surface area contributed by atoms with Crippen LogP contribution in [-0.4, -0.2) is 16.1 Å². The molecule has 5 nitrogen and oxygen atoms in total. The van der Waals surface area contributed by atoms with Crippen molar-refractivity contribution in [3.05, 3.63) is 41.2 Å². The summed E-state index contributed by atoms with van der Waals surface area (Å²) < 4.78 is 5.18. The second-order valence-corrected chi connectivity index (χ2v) is 4.11. The zero-order valence-corrected chi connectivity index (χ0v) is 10.1. The van der Waals surface area contributed by atoms with Gasteiger partial charge in [-0.25, -0.2) is 0 Å². The van der Waals surface area contributed by atoms with E-state index in [1.165, 1.54) is 6.26 Å². The third-order valence-corrected chi connectivity index (χ3v) is 2.49. The largest absolute Gasteiger partial charge is 0.481 e. The molecule has 0 amide bonds. The summed E-state index contributed by atoms with van der Waals surface area (Å²) in [5, 5.41) is 12.2. The van der Waals surface area contributed by atoms with Crippen molar-refractivity contribution >= 4 is 29.3 Å². The summed E-state index contributed by atoms with van der Waals surface area (Å²) in [4.78, 5) is 14.5. The van der Waals surface area contributed by atoms with Gasteiger partial charge in [0.2, 0.25) is 0 Å². The van der Waals surface area contributed by atoms with Gasteiger partial charge in [-0.15, -0.1) is 0 Å². The third-order valence-electron chi connectivity index (χ3n) is 2.24. The maximum absolute atomic E-state index is 10.4. The first kappa shape index (κ1) is 12.4. The first-order valence-corrected chi connectivity index (χ1v) is 5.70. The SMILES string of the molecule is O=C(O)CCc1coc(Nc2ccc(Cl)cc2)n1. The van der Waals surface area contributed by atoms with Crippen molar-refractivity contribution in [2.45, 2.75) is 12.8 Å². The highest BCUT2D eigenvalue weighted by molar-refractivity contribution is 6.30. The Bertz CT molecular complexity index is 537. The van der Waals surface area contributed by atoms with Crippen molar-refractivity contribution in [3.63, 3.8) is 0 Å². The number of hydrogen-bond acceptors (Lipinski definition) is 4. The molecule has 0 aliphatic rings. The van der Waals surface area contributed by atoms with Crippen LogP contribution in [0.25, 0.3) is 0 Å². The molecule has 0 saturated heterocycles. The van der Waals surface area contributed by atoms with E-state index in [0.29, 0.717) is 23.2 Å². The van der Waals surface area contributed by atoms with Gasteiger partial charge in [0.05, 0.1) is 12.1 Å². The van der Waals surface area contributed by atoms with Gasteiger partial charge >= 0.3 is 5.97 Å². The number of anilines is 2. The van der Waals surface area contributed by atoms with Crippen LogP contribution >= 0.6 is 11.6 Å². The molecule has 0 radical (unpaired) electrons. The minimum Gasteiger partial charge on any atom is -0.481 e. The average Bonchev–Trinajstić information content (AvgIpc) is 2.77. The van der Waals surface area contributed by atoms with Gasteiger partial charge in [-0.3, -0.25) is 4.79 Å². The number of benzene rings is 1. The highest BCUT2D eigenvalue weighted by atomic mass is 35.5. The quantitative estimate of drug-likeness (QED) is 0.870. The van der Waals surface area contributed by atoms with E-state index in [4.69, 9.17) is 21.1 Å². The second-order valence-electron chi connectivity index (χ2n) is 3.67. The van der Waals surface area contributed by atoms with Gasteiger partial charge in [-0.05, 0) is 24.3 Å². The highest BCUT2D eigenvalue weighted by Gasteiger charge is 2.06. The Morgan fingerprint density at radius 1 is 1.39 bits per heavy atom. The summed E-state index contributed by atoms with van der Waals surface area (Å²) >= 11 is 5.77. The van der Waals surface area contributed by atoms with Crippen LogP contribution in [0.5, 0.6) is 0 Å². The Morgan fingerprint density at radius 3 is 2.78 bits per heavy atom. The number of nitrogens with one attached hydrogen (secondary N) is 1. The maximum atomic E-state index is 10.4. The second kappa shape index (κ2) is 5.55. The van der Waals surface area contributed by atoms with Crippen LogP contribution in [0.1, 0.15) is 12.1 Å². The van der Waals surface area contributed by atoms with E-state index in [1.807, 2.05) is 0 Å². The van der Waals surface area contributed by atoms with Crippen LogP contribution in [0.15, 0.2) is 34.9 Å². The van der Waals surface area contributed by atoms with Crippen molar-refractivity contribution < 1.29 is 14.3 Å². The molecule has 0 unspecified atom stereocenters. The molecule has 0 fully saturated rings. The van der Waals surface area contributed by atoms with Crippen LogP contribution in [-0.2, 0) is 11.2 Å². The Hall–Kier alpha value is -2.01. The number of carboxylic acids is 1. The van der Waals surface area contributed by atoms with E-state index in [0.717, 1.165) is 5.69 Å². The average molecular weight is 267 g/mol. The fourth-order valence-electron chi connectivity index (χ4n) is 1.37. The fraction of sp³-hybridized carbons (Fsp3) is 0.167. The smallest absolute Gasteiger partial charge is 0.303 e. The lowest BCUT2D eigenvalue weighted by Crippen LogP contribution is -1.98. The number of aromatic nitrogens is 1. The van der Waals surface area contributed by atoms with Crippen molar-refractivity contribution in [2.75, 3.05) is 5.32 Å². The number of carboxylic acid groups (broad SMARTS) is 1. The molecule has 6 heteroatoms. The van der Waals surface area contributed by atoms with Crippen molar-refractivity contribution in [1.29, 1.82) is 0 Å². The Kier molecular flexibility index (Phi) is 3.84. The number of nitrogens with zero attached hydrogens (tertiary/aromatic N) is 1. The van der Waals surface area contributed by atoms with Crippen LogP contribution in [0.2, 0.25) is 5.02 Å². The van der Waals surface area contributed by atoms with Crippen molar-refractivity contribution in [1.82, 2.24) is 4.98 Å². The van der Waals surface area contributed by atoms with E-state index >= 15 is 0 Å². The van der Waals surface area contributed by atoms with Gasteiger partial charge in [-0.2, -0.15) is 4.98 Å². The van der Waals surface area contributed by atoms with E-state index in [-0.39, 0.29) is 6.42 Å². The van der Waals surface area contributed by atoms with Gasteiger partial charge in [0.15, 0.2) is 0 Å². The lowest BCUT2D eigenvalue weighted by atomic mass is 10.2. The summed E-state index contributed by atoms with van der Waals surface area (Å²) in [6.07, 6.45) is 1.83. The first-order valence-electron chi connectivity index (χ1n) is 5.32. The highest BCUT2D eigenvalue weighted by Crippen LogP contribution is 2.18. The lowest BCUT2D eigenvalue weighted by Gasteiger charge is -2.00. The maximum Gasteiger partial charge on any atom is 0.303 e. The standard InChI is InChI=1S/C12H11ClN2O3/c13-8-1-3-9(4-2-8)14-12-15-10(7-18-12)5-6-11(16)17/h1-4,7H,5-6H2,(H,14,15)(H,16,17). The molecule has 1 aromatic heterocycles. The van der Waals surface area contributed by atoms with Gasteiger partial charge in [-0.1, -0.05) is 11.6 Å². The zero-order chi connectivity index (χ0) is 13.0. The van der Waals surface area contributed by atoms with Gasteiger partial charge in [0.1, 0.15) is 6.26 Å². The number of aliphatic carboxylic acids is 1. The number of hydrogen-bond donors (Lipinski definition) is 2. The molecular formula is C12H11ClN2O3. The van der Waals surface area contributed by atoms with Crippen LogP contribution < -0.4 is 5.32 Å². The Balaban J connectivity index is 1.97.